The molecule has 0 atom stereocenters. The van der Waals surface area contributed by atoms with Crippen LogP contribution in [0.25, 0.3) is 66.6 Å². The van der Waals surface area contributed by atoms with E-state index in [2.05, 4.69) is 106 Å². The summed E-state index contributed by atoms with van der Waals surface area (Å²) in [5.74, 6) is 4.90. The van der Waals surface area contributed by atoms with E-state index in [0.29, 0.717) is 28.8 Å². The Bertz CT molecular complexity index is 2860. The predicted octanol–water partition coefficient (Wildman–Crippen LogP) is 11.8. The van der Waals surface area contributed by atoms with Gasteiger partial charge in [-0.05, 0) is 90.7 Å². The molecule has 0 amide bonds. The quantitative estimate of drug-likeness (QED) is 0.147. The van der Waals surface area contributed by atoms with Gasteiger partial charge in [-0.3, -0.25) is 9.13 Å². The average molecular weight is 729 g/mol. The van der Waals surface area contributed by atoms with E-state index < -0.39 is 0 Å². The smallest absolute Gasteiger partial charge is 0.159 e. The topological polar surface area (TPSA) is 79.9 Å². The maximum Gasteiger partial charge on any atom is 0.159 e. The van der Waals surface area contributed by atoms with Crippen molar-refractivity contribution < 1.29 is 9.47 Å². The number of pyridine rings is 2. The van der Waals surface area contributed by atoms with E-state index in [4.69, 9.17) is 19.4 Å². The van der Waals surface area contributed by atoms with Gasteiger partial charge in [0.25, 0.3) is 0 Å². The van der Waals surface area contributed by atoms with Crippen LogP contribution in [0.1, 0.15) is 25.0 Å². The molecule has 0 unspecified atom stereocenters. The highest BCUT2D eigenvalue weighted by Crippen LogP contribution is 2.41. The number of aryl methyl sites for hydroxylation is 2. The first-order valence-electron chi connectivity index (χ1n) is 18.9. The first kappa shape index (κ1) is 33.3. The minimum atomic E-state index is 0.572. The molecule has 0 spiro atoms. The van der Waals surface area contributed by atoms with Crippen LogP contribution >= 0.6 is 0 Å². The van der Waals surface area contributed by atoms with Gasteiger partial charge >= 0.3 is 0 Å². The Morgan fingerprint density at radius 2 is 0.875 bits per heavy atom. The Kier molecular flexibility index (Phi) is 8.21. The molecule has 56 heavy (non-hydrogen) atoms. The van der Waals surface area contributed by atoms with Gasteiger partial charge in [-0.1, -0.05) is 62.4 Å². The molecule has 8 nitrogen and oxygen atoms in total. The molecule has 0 aliphatic rings. The molecular weight excluding hydrogens is 693 g/mol. The van der Waals surface area contributed by atoms with Gasteiger partial charge in [0.1, 0.15) is 34.6 Å². The van der Waals surface area contributed by atoms with Crippen LogP contribution < -0.4 is 9.47 Å². The third-order valence-corrected chi connectivity index (χ3v) is 10.3. The summed E-state index contributed by atoms with van der Waals surface area (Å²) in [6, 6.07) is 45.1. The fourth-order valence-corrected chi connectivity index (χ4v) is 7.99. The third kappa shape index (κ3) is 5.70. The number of para-hydroxylation sites is 2. The van der Waals surface area contributed by atoms with E-state index in [1.54, 1.807) is 12.4 Å². The van der Waals surface area contributed by atoms with Crippen LogP contribution in [0.3, 0.4) is 0 Å². The Morgan fingerprint density at radius 3 is 1.34 bits per heavy atom. The SMILES string of the molecule is CCc1cc(Oc2cc(Oc3cc(CC)c4c5ccccc5n(-c5ccccn5)c4c3)cc(-c3ncccn3)c2)cc2c1c1ccccc1n2-c1ccccn1. The highest BCUT2D eigenvalue weighted by molar-refractivity contribution is 6.12. The zero-order valence-corrected chi connectivity index (χ0v) is 30.9. The molecule has 10 aromatic rings. The second-order valence-corrected chi connectivity index (χ2v) is 13.7. The van der Waals surface area contributed by atoms with Gasteiger partial charge < -0.3 is 9.47 Å². The summed E-state index contributed by atoms with van der Waals surface area (Å²) in [6.45, 7) is 4.36. The molecular formula is C48H36N6O2. The van der Waals surface area contributed by atoms with E-state index in [1.807, 2.05) is 73.1 Å². The number of rotatable bonds is 9. The molecule has 8 heteroatoms. The first-order chi connectivity index (χ1) is 27.7. The summed E-state index contributed by atoms with van der Waals surface area (Å²) in [5.41, 5.74) is 7.40. The number of aromatic nitrogens is 6. The van der Waals surface area contributed by atoms with Crippen molar-refractivity contribution >= 4 is 43.6 Å². The third-order valence-electron chi connectivity index (χ3n) is 10.3. The van der Waals surface area contributed by atoms with Crippen molar-refractivity contribution in [2.75, 3.05) is 0 Å². The average Bonchev–Trinajstić information content (AvgIpc) is 3.77. The summed E-state index contributed by atoms with van der Waals surface area (Å²) in [7, 11) is 0. The van der Waals surface area contributed by atoms with E-state index in [0.717, 1.165) is 52.1 Å². The molecule has 5 aromatic heterocycles. The van der Waals surface area contributed by atoms with Crippen molar-refractivity contribution in [3.8, 4) is 46.0 Å². The Hall–Kier alpha value is -7.32. The van der Waals surface area contributed by atoms with Crippen molar-refractivity contribution in [3.05, 3.63) is 169 Å². The van der Waals surface area contributed by atoms with E-state index in [9.17, 15) is 0 Å². The lowest BCUT2D eigenvalue weighted by Gasteiger charge is -2.15. The lowest BCUT2D eigenvalue weighted by atomic mass is 10.0. The van der Waals surface area contributed by atoms with Crippen molar-refractivity contribution in [1.29, 1.82) is 0 Å². The summed E-state index contributed by atoms with van der Waals surface area (Å²) in [5, 5.41) is 4.76. The van der Waals surface area contributed by atoms with Crippen LogP contribution in [0.2, 0.25) is 0 Å². The van der Waals surface area contributed by atoms with Gasteiger partial charge in [0.2, 0.25) is 0 Å². The number of fused-ring (bicyclic) bond motifs is 6. The maximum atomic E-state index is 6.81. The largest absolute Gasteiger partial charge is 0.457 e. The zero-order chi connectivity index (χ0) is 37.6. The van der Waals surface area contributed by atoms with Crippen LogP contribution in [-0.2, 0) is 12.8 Å². The molecule has 5 heterocycles. The highest BCUT2D eigenvalue weighted by Gasteiger charge is 2.20. The van der Waals surface area contributed by atoms with Crippen molar-refractivity contribution in [2.24, 2.45) is 0 Å². The normalized spacial score (nSPS) is 11.5. The molecule has 0 fully saturated rings. The molecule has 0 aliphatic heterocycles. The molecule has 0 saturated heterocycles. The first-order valence-corrected chi connectivity index (χ1v) is 18.9. The second-order valence-electron chi connectivity index (χ2n) is 13.7. The minimum Gasteiger partial charge on any atom is -0.457 e. The van der Waals surface area contributed by atoms with Crippen LogP contribution in [0.5, 0.6) is 23.0 Å². The molecule has 0 radical (unpaired) electrons. The maximum absolute atomic E-state index is 6.81. The lowest BCUT2D eigenvalue weighted by Crippen LogP contribution is -1.98. The fourth-order valence-electron chi connectivity index (χ4n) is 7.99. The molecule has 0 aliphatic carbocycles. The lowest BCUT2D eigenvalue weighted by molar-refractivity contribution is 0.460. The summed E-state index contributed by atoms with van der Waals surface area (Å²) in [6.07, 6.45) is 8.80. The molecule has 10 rings (SSSR count). The highest BCUT2D eigenvalue weighted by atomic mass is 16.5. The van der Waals surface area contributed by atoms with Gasteiger partial charge in [0.05, 0.1) is 22.1 Å². The van der Waals surface area contributed by atoms with Crippen LogP contribution in [0, 0.1) is 0 Å². The Labute approximate surface area is 323 Å². The van der Waals surface area contributed by atoms with Crippen LogP contribution in [0.15, 0.2) is 158 Å². The Balaban J connectivity index is 1.11. The van der Waals surface area contributed by atoms with Crippen molar-refractivity contribution in [3.63, 3.8) is 0 Å². The van der Waals surface area contributed by atoms with Gasteiger partial charge in [0, 0.05) is 70.1 Å². The van der Waals surface area contributed by atoms with E-state index in [1.165, 1.54) is 32.7 Å². The standard InChI is InChI=1S/C48H36N6O2/c1-3-31-24-36(29-42-46(31)38-14-5-7-16-40(38)53(42)44-18-9-11-20-49-44)55-34-26-33(48-51-22-13-23-52-48)27-35(28-34)56-37-25-32(4-2)47-39-15-6-8-17-41(39)54(43(47)30-37)45-19-10-12-21-50-45/h5-30H,3-4H2,1-2H3. The van der Waals surface area contributed by atoms with Gasteiger partial charge in [-0.2, -0.15) is 0 Å². The minimum absolute atomic E-state index is 0.572. The number of benzene rings is 5. The summed E-state index contributed by atoms with van der Waals surface area (Å²) < 4.78 is 18.0. The predicted molar refractivity (Wildman–Crippen MR) is 224 cm³/mol. The van der Waals surface area contributed by atoms with Crippen molar-refractivity contribution in [2.45, 2.75) is 26.7 Å². The molecule has 5 aromatic carbocycles. The zero-order valence-electron chi connectivity index (χ0n) is 30.9. The van der Waals surface area contributed by atoms with Gasteiger partial charge in [0.15, 0.2) is 5.82 Å². The second kappa shape index (κ2) is 13.8. The monoisotopic (exact) mass is 728 g/mol. The molecule has 270 valence electrons. The number of ether oxygens (including phenoxy) is 2. The molecule has 0 bridgehead atoms. The number of nitrogens with zero attached hydrogens (tertiary/aromatic N) is 6. The number of hydrogen-bond acceptors (Lipinski definition) is 6. The van der Waals surface area contributed by atoms with Gasteiger partial charge in [-0.25, -0.2) is 19.9 Å². The molecule has 0 N–H and O–H groups in total. The summed E-state index contributed by atoms with van der Waals surface area (Å²) in [4.78, 5) is 18.6. The van der Waals surface area contributed by atoms with E-state index in [-0.39, 0.29) is 0 Å². The molecule has 0 saturated carbocycles. The van der Waals surface area contributed by atoms with Crippen molar-refractivity contribution in [1.82, 2.24) is 29.1 Å². The Morgan fingerprint density at radius 1 is 0.429 bits per heavy atom. The van der Waals surface area contributed by atoms with Gasteiger partial charge in [-0.15, -0.1) is 0 Å². The fraction of sp³-hybridized carbons (Fsp3) is 0.0833. The van der Waals surface area contributed by atoms with Crippen LogP contribution in [-0.4, -0.2) is 29.1 Å². The summed E-state index contributed by atoms with van der Waals surface area (Å²) >= 11 is 0. The van der Waals surface area contributed by atoms with Crippen LogP contribution in [0.4, 0.5) is 0 Å². The van der Waals surface area contributed by atoms with E-state index >= 15 is 0 Å². The number of hydrogen-bond donors (Lipinski definition) is 0.